The summed E-state index contributed by atoms with van der Waals surface area (Å²) < 4.78 is 4.93. The van der Waals surface area contributed by atoms with E-state index in [0.717, 1.165) is 21.8 Å². The number of imidazole rings is 1. The van der Waals surface area contributed by atoms with Crippen molar-refractivity contribution in [3.8, 4) is 0 Å². The number of rotatable bonds is 3. The summed E-state index contributed by atoms with van der Waals surface area (Å²) >= 11 is 0. The van der Waals surface area contributed by atoms with Gasteiger partial charge in [0.05, 0.1) is 17.6 Å². The van der Waals surface area contributed by atoms with Gasteiger partial charge in [-0.2, -0.15) is 0 Å². The van der Waals surface area contributed by atoms with Gasteiger partial charge in [-0.3, -0.25) is 4.79 Å². The van der Waals surface area contributed by atoms with Crippen molar-refractivity contribution in [3.63, 3.8) is 0 Å². The largest absolute Gasteiger partial charge is 0.466 e. The smallest absolute Gasteiger partial charge is 0.313 e. The molecule has 0 saturated heterocycles. The number of aromatic amines is 1. The number of nitrogens with one attached hydrogen (secondary N) is 1. The van der Waals surface area contributed by atoms with E-state index in [1.165, 1.54) is 0 Å². The third kappa shape index (κ3) is 2.17. The Bertz CT molecular complexity index is 746. The van der Waals surface area contributed by atoms with E-state index in [-0.39, 0.29) is 12.4 Å². The second kappa shape index (κ2) is 4.72. The topological polar surface area (TPSA) is 55.0 Å². The molecule has 0 amide bonds. The van der Waals surface area contributed by atoms with Crippen LogP contribution in [-0.2, 0) is 16.0 Å². The van der Waals surface area contributed by atoms with Crippen molar-refractivity contribution in [1.29, 1.82) is 0 Å². The van der Waals surface area contributed by atoms with E-state index >= 15 is 0 Å². The van der Waals surface area contributed by atoms with Gasteiger partial charge in [0.2, 0.25) is 0 Å². The predicted octanol–water partition coefficient (Wildman–Crippen LogP) is 2.82. The summed E-state index contributed by atoms with van der Waals surface area (Å²) in [5.41, 5.74) is 1.84. The number of aromatic nitrogens is 2. The molecular formula is C15H14N2O2. The van der Waals surface area contributed by atoms with E-state index in [0.29, 0.717) is 12.4 Å². The Balaban J connectivity index is 2.05. The van der Waals surface area contributed by atoms with Crippen LogP contribution < -0.4 is 0 Å². The molecule has 0 atom stereocenters. The first-order valence-corrected chi connectivity index (χ1v) is 6.30. The van der Waals surface area contributed by atoms with Crippen molar-refractivity contribution in [2.24, 2.45) is 0 Å². The molecule has 0 aliphatic heterocycles. The van der Waals surface area contributed by atoms with Gasteiger partial charge in [0.15, 0.2) is 0 Å². The molecule has 4 heteroatoms. The van der Waals surface area contributed by atoms with E-state index in [2.05, 4.69) is 16.0 Å². The molecule has 4 nitrogen and oxygen atoms in total. The van der Waals surface area contributed by atoms with Crippen LogP contribution in [0.15, 0.2) is 36.4 Å². The minimum atomic E-state index is -0.258. The molecule has 0 bridgehead atoms. The fourth-order valence-electron chi connectivity index (χ4n) is 2.23. The van der Waals surface area contributed by atoms with Crippen LogP contribution in [-0.4, -0.2) is 22.5 Å². The highest BCUT2D eigenvalue weighted by atomic mass is 16.5. The van der Waals surface area contributed by atoms with Gasteiger partial charge in [0, 0.05) is 5.39 Å². The van der Waals surface area contributed by atoms with E-state index in [9.17, 15) is 4.79 Å². The van der Waals surface area contributed by atoms with Gasteiger partial charge in [-0.1, -0.05) is 30.3 Å². The Morgan fingerprint density at radius 3 is 2.95 bits per heavy atom. The third-order valence-electron chi connectivity index (χ3n) is 3.04. The standard InChI is InChI=1S/C15H14N2O2/c1-2-19-14(18)9-13-16-12-8-7-10-5-3-4-6-11(10)15(12)17-13/h3-8H,2,9H2,1H3,(H,16,17). The summed E-state index contributed by atoms with van der Waals surface area (Å²) in [6.45, 7) is 2.19. The van der Waals surface area contributed by atoms with Gasteiger partial charge < -0.3 is 9.72 Å². The fourth-order valence-corrected chi connectivity index (χ4v) is 2.23. The molecule has 19 heavy (non-hydrogen) atoms. The quantitative estimate of drug-likeness (QED) is 0.731. The van der Waals surface area contributed by atoms with Crippen LogP contribution in [0, 0.1) is 0 Å². The summed E-state index contributed by atoms with van der Waals surface area (Å²) in [6.07, 6.45) is 0.177. The Morgan fingerprint density at radius 2 is 2.11 bits per heavy atom. The zero-order chi connectivity index (χ0) is 13.2. The maximum atomic E-state index is 11.5. The van der Waals surface area contributed by atoms with Gasteiger partial charge in [-0.25, -0.2) is 4.98 Å². The summed E-state index contributed by atoms with van der Waals surface area (Å²) in [6, 6.07) is 12.1. The predicted molar refractivity (Wildman–Crippen MR) is 73.9 cm³/mol. The van der Waals surface area contributed by atoms with Gasteiger partial charge in [0.1, 0.15) is 12.2 Å². The lowest BCUT2D eigenvalue weighted by Gasteiger charge is -1.97. The number of carbonyl (C=O) groups excluding carboxylic acids is 1. The molecule has 0 saturated carbocycles. The first kappa shape index (κ1) is 11.7. The van der Waals surface area contributed by atoms with Crippen molar-refractivity contribution in [3.05, 3.63) is 42.2 Å². The van der Waals surface area contributed by atoms with Crippen LogP contribution in [0.5, 0.6) is 0 Å². The highest BCUT2D eigenvalue weighted by Crippen LogP contribution is 2.23. The molecule has 0 unspecified atom stereocenters. The summed E-state index contributed by atoms with van der Waals surface area (Å²) in [4.78, 5) is 19.1. The van der Waals surface area contributed by atoms with Crippen LogP contribution in [0.4, 0.5) is 0 Å². The molecule has 1 heterocycles. The average Bonchev–Trinajstić information content (AvgIpc) is 2.81. The van der Waals surface area contributed by atoms with Crippen molar-refractivity contribution < 1.29 is 9.53 Å². The SMILES string of the molecule is CCOC(=O)Cc1nc2c(ccc3ccccc32)[nH]1. The first-order chi connectivity index (χ1) is 9.28. The van der Waals surface area contributed by atoms with Gasteiger partial charge in [0.25, 0.3) is 0 Å². The van der Waals surface area contributed by atoms with E-state index in [1.54, 1.807) is 6.92 Å². The maximum Gasteiger partial charge on any atom is 0.313 e. The van der Waals surface area contributed by atoms with Gasteiger partial charge in [-0.15, -0.1) is 0 Å². The van der Waals surface area contributed by atoms with Crippen molar-refractivity contribution >= 4 is 27.8 Å². The number of benzene rings is 2. The van der Waals surface area contributed by atoms with Crippen LogP contribution in [0.3, 0.4) is 0 Å². The van der Waals surface area contributed by atoms with E-state index in [4.69, 9.17) is 4.74 Å². The number of esters is 1. The lowest BCUT2D eigenvalue weighted by Crippen LogP contribution is -2.08. The molecule has 0 aliphatic carbocycles. The summed E-state index contributed by atoms with van der Waals surface area (Å²) in [5, 5.41) is 2.23. The average molecular weight is 254 g/mol. The monoisotopic (exact) mass is 254 g/mol. The lowest BCUT2D eigenvalue weighted by atomic mass is 10.1. The molecule has 1 aromatic heterocycles. The van der Waals surface area contributed by atoms with E-state index < -0.39 is 0 Å². The number of H-pyrrole nitrogens is 1. The number of fused-ring (bicyclic) bond motifs is 3. The van der Waals surface area contributed by atoms with Crippen molar-refractivity contribution in [2.45, 2.75) is 13.3 Å². The fraction of sp³-hybridized carbons (Fsp3) is 0.200. The van der Waals surface area contributed by atoms with Crippen molar-refractivity contribution in [1.82, 2.24) is 9.97 Å². The van der Waals surface area contributed by atoms with E-state index in [1.807, 2.05) is 30.3 Å². The molecule has 1 N–H and O–H groups in total. The third-order valence-corrected chi connectivity index (χ3v) is 3.04. The van der Waals surface area contributed by atoms with Gasteiger partial charge >= 0.3 is 5.97 Å². The maximum absolute atomic E-state index is 11.5. The number of nitrogens with zero attached hydrogens (tertiary/aromatic N) is 1. The summed E-state index contributed by atoms with van der Waals surface area (Å²) in [5.74, 6) is 0.385. The second-order valence-electron chi connectivity index (χ2n) is 4.35. The van der Waals surface area contributed by atoms with Crippen LogP contribution in [0.25, 0.3) is 21.8 Å². The molecule has 3 aromatic rings. The molecule has 0 spiro atoms. The zero-order valence-corrected chi connectivity index (χ0v) is 10.6. The molecule has 0 fully saturated rings. The minimum absolute atomic E-state index is 0.177. The van der Waals surface area contributed by atoms with Crippen LogP contribution >= 0.6 is 0 Å². The van der Waals surface area contributed by atoms with Crippen molar-refractivity contribution in [2.75, 3.05) is 6.61 Å². The Hall–Kier alpha value is -2.36. The number of carbonyl (C=O) groups is 1. The molecule has 3 rings (SSSR count). The van der Waals surface area contributed by atoms with Crippen LogP contribution in [0.1, 0.15) is 12.7 Å². The lowest BCUT2D eigenvalue weighted by molar-refractivity contribution is -0.142. The molecule has 96 valence electrons. The minimum Gasteiger partial charge on any atom is -0.466 e. The number of ether oxygens (including phenoxy) is 1. The first-order valence-electron chi connectivity index (χ1n) is 6.30. The summed E-state index contributed by atoms with van der Waals surface area (Å²) in [7, 11) is 0. The highest BCUT2D eigenvalue weighted by Gasteiger charge is 2.10. The number of hydrogen-bond donors (Lipinski definition) is 1. The Labute approximate surface area is 110 Å². The zero-order valence-electron chi connectivity index (χ0n) is 10.6. The molecule has 2 aromatic carbocycles. The Morgan fingerprint density at radius 1 is 1.26 bits per heavy atom. The molecular weight excluding hydrogens is 240 g/mol. The number of hydrogen-bond acceptors (Lipinski definition) is 3. The highest BCUT2D eigenvalue weighted by molar-refractivity contribution is 6.04. The normalized spacial score (nSPS) is 11.0. The second-order valence-corrected chi connectivity index (χ2v) is 4.35. The van der Waals surface area contributed by atoms with Crippen LogP contribution in [0.2, 0.25) is 0 Å². The Kier molecular flexibility index (Phi) is 2.91. The molecule has 0 aliphatic rings. The van der Waals surface area contributed by atoms with Gasteiger partial charge in [-0.05, 0) is 18.4 Å². The molecule has 0 radical (unpaired) electrons.